The fourth-order valence-electron chi connectivity index (χ4n) is 0.649. The molecule has 0 aliphatic rings. The van der Waals surface area contributed by atoms with Crippen LogP contribution in [0.4, 0.5) is 0 Å². The van der Waals surface area contributed by atoms with Crippen LogP contribution in [0, 0.1) is 0 Å². The van der Waals surface area contributed by atoms with Crippen molar-refractivity contribution < 1.29 is 19.4 Å². The lowest BCUT2D eigenvalue weighted by Crippen LogP contribution is -2.24. The Morgan fingerprint density at radius 1 is 1.46 bits per heavy atom. The van der Waals surface area contributed by atoms with Crippen LogP contribution in [0.25, 0.3) is 0 Å². The Kier molecular flexibility index (Phi) is 7.57. The van der Waals surface area contributed by atoms with E-state index in [2.05, 4.69) is 4.74 Å². The zero-order valence-electron chi connectivity index (χ0n) is 7.86. The van der Waals surface area contributed by atoms with Crippen molar-refractivity contribution in [3.8, 4) is 0 Å². The van der Waals surface area contributed by atoms with Gasteiger partial charge in [0, 0.05) is 6.54 Å². The monoisotopic (exact) mass is 191 g/mol. The summed E-state index contributed by atoms with van der Waals surface area (Å²) in [7, 11) is 0. The van der Waals surface area contributed by atoms with E-state index in [4.69, 9.17) is 15.6 Å². The topological polar surface area (TPSA) is 81.8 Å². The van der Waals surface area contributed by atoms with E-state index in [0.29, 0.717) is 26.2 Å². The summed E-state index contributed by atoms with van der Waals surface area (Å²) in [5.74, 6) is -0.598. The first-order chi connectivity index (χ1) is 6.22. The van der Waals surface area contributed by atoms with Gasteiger partial charge in [-0.15, -0.1) is 0 Å². The number of carbonyl (C=O) groups is 1. The molecule has 3 N–H and O–H groups in total. The van der Waals surface area contributed by atoms with Crippen molar-refractivity contribution in [2.24, 2.45) is 5.73 Å². The van der Waals surface area contributed by atoms with Crippen molar-refractivity contribution in [2.45, 2.75) is 19.4 Å². The van der Waals surface area contributed by atoms with Crippen LogP contribution >= 0.6 is 0 Å². The zero-order valence-corrected chi connectivity index (χ0v) is 7.86. The summed E-state index contributed by atoms with van der Waals surface area (Å²) in [4.78, 5) is 10.9. The second kappa shape index (κ2) is 7.97. The molecule has 0 saturated carbocycles. The van der Waals surface area contributed by atoms with Crippen LogP contribution in [0.3, 0.4) is 0 Å². The van der Waals surface area contributed by atoms with E-state index in [0.717, 1.165) is 0 Å². The summed E-state index contributed by atoms with van der Waals surface area (Å²) in [6.07, 6.45) is -0.655. The highest BCUT2D eigenvalue weighted by molar-refractivity contribution is 5.74. The van der Waals surface area contributed by atoms with E-state index in [-0.39, 0.29) is 6.61 Å². The maximum atomic E-state index is 10.9. The molecule has 0 heterocycles. The summed E-state index contributed by atoms with van der Waals surface area (Å²) in [5.41, 5.74) is 5.17. The Morgan fingerprint density at radius 3 is 2.69 bits per heavy atom. The fourth-order valence-corrected chi connectivity index (χ4v) is 0.649. The van der Waals surface area contributed by atoms with Crippen LogP contribution < -0.4 is 5.73 Å². The second-order valence-electron chi connectivity index (χ2n) is 2.49. The predicted molar refractivity (Wildman–Crippen MR) is 47.1 cm³/mol. The minimum atomic E-state index is -1.02. The summed E-state index contributed by atoms with van der Waals surface area (Å²) in [6.45, 7) is 3.09. The minimum absolute atomic E-state index is 0.163. The number of ether oxygens (including phenoxy) is 2. The van der Waals surface area contributed by atoms with E-state index in [1.54, 1.807) is 6.92 Å². The highest BCUT2D eigenvalue weighted by Crippen LogP contribution is 1.93. The van der Waals surface area contributed by atoms with Crippen molar-refractivity contribution >= 4 is 5.97 Å². The van der Waals surface area contributed by atoms with Crippen molar-refractivity contribution in [1.82, 2.24) is 0 Å². The van der Waals surface area contributed by atoms with Crippen molar-refractivity contribution in [3.63, 3.8) is 0 Å². The van der Waals surface area contributed by atoms with Gasteiger partial charge in [0.05, 0.1) is 13.2 Å². The van der Waals surface area contributed by atoms with Gasteiger partial charge in [0.2, 0.25) is 0 Å². The van der Waals surface area contributed by atoms with Gasteiger partial charge >= 0.3 is 5.97 Å². The molecule has 0 bridgehead atoms. The molecule has 0 rings (SSSR count). The van der Waals surface area contributed by atoms with Crippen molar-refractivity contribution in [2.75, 3.05) is 26.4 Å². The summed E-state index contributed by atoms with van der Waals surface area (Å²) in [5, 5.41) is 8.99. The molecular weight excluding hydrogens is 174 g/mol. The number of rotatable bonds is 7. The molecule has 0 aromatic carbocycles. The number of hydrogen-bond donors (Lipinski definition) is 2. The molecule has 1 atom stereocenters. The number of esters is 1. The summed E-state index contributed by atoms with van der Waals surface area (Å²) < 4.78 is 9.65. The molecule has 0 fully saturated rings. The Hall–Kier alpha value is -0.650. The lowest BCUT2D eigenvalue weighted by Gasteiger charge is -2.08. The van der Waals surface area contributed by atoms with Gasteiger partial charge in [0.15, 0.2) is 6.10 Å². The van der Waals surface area contributed by atoms with Gasteiger partial charge in [-0.05, 0) is 6.42 Å². The largest absolute Gasteiger partial charge is 0.461 e. The van der Waals surface area contributed by atoms with Gasteiger partial charge in [0.25, 0.3) is 0 Å². The molecule has 5 nitrogen and oxygen atoms in total. The highest BCUT2D eigenvalue weighted by atomic mass is 16.6. The van der Waals surface area contributed by atoms with Gasteiger partial charge in [-0.3, -0.25) is 0 Å². The number of aliphatic hydroxyl groups excluding tert-OH is 1. The Labute approximate surface area is 77.8 Å². The summed E-state index contributed by atoms with van der Waals surface area (Å²) >= 11 is 0. The Bertz CT molecular complexity index is 140. The molecule has 0 aliphatic heterocycles. The number of nitrogens with two attached hydrogens (primary N) is 1. The zero-order chi connectivity index (χ0) is 10.1. The van der Waals surface area contributed by atoms with Crippen LogP contribution in [0.5, 0.6) is 0 Å². The van der Waals surface area contributed by atoms with E-state index < -0.39 is 12.1 Å². The molecule has 0 amide bonds. The first-order valence-corrected chi connectivity index (χ1v) is 4.34. The summed E-state index contributed by atoms with van der Waals surface area (Å²) in [6, 6.07) is 0. The third-order valence-electron chi connectivity index (χ3n) is 1.39. The SMILES string of the molecule is CCC(O)C(=O)OCCOCCN. The minimum Gasteiger partial charge on any atom is -0.461 e. The molecular formula is C8H17NO4. The second-order valence-corrected chi connectivity index (χ2v) is 2.49. The number of carbonyl (C=O) groups excluding carboxylic acids is 1. The first kappa shape index (κ1) is 12.3. The third-order valence-corrected chi connectivity index (χ3v) is 1.39. The predicted octanol–water partition coefficient (Wildman–Crippen LogP) is -0.724. The normalized spacial score (nSPS) is 12.5. The van der Waals surface area contributed by atoms with Crippen LogP contribution in [0.2, 0.25) is 0 Å². The van der Waals surface area contributed by atoms with Gasteiger partial charge in [0.1, 0.15) is 6.61 Å². The molecule has 0 radical (unpaired) electrons. The van der Waals surface area contributed by atoms with Crippen LogP contribution in [0.1, 0.15) is 13.3 Å². The van der Waals surface area contributed by atoms with Crippen molar-refractivity contribution in [3.05, 3.63) is 0 Å². The average molecular weight is 191 g/mol. The lowest BCUT2D eigenvalue weighted by atomic mass is 10.3. The smallest absolute Gasteiger partial charge is 0.335 e. The third kappa shape index (κ3) is 6.51. The fraction of sp³-hybridized carbons (Fsp3) is 0.875. The number of hydrogen-bond acceptors (Lipinski definition) is 5. The van der Waals surface area contributed by atoms with Crippen LogP contribution in [0.15, 0.2) is 0 Å². The van der Waals surface area contributed by atoms with Crippen LogP contribution in [-0.2, 0) is 14.3 Å². The molecule has 0 aliphatic carbocycles. The van der Waals surface area contributed by atoms with E-state index in [9.17, 15) is 4.79 Å². The van der Waals surface area contributed by atoms with Gasteiger partial charge in [-0.25, -0.2) is 4.79 Å². The van der Waals surface area contributed by atoms with E-state index >= 15 is 0 Å². The quantitative estimate of drug-likeness (QED) is 0.410. The molecule has 0 spiro atoms. The molecule has 13 heavy (non-hydrogen) atoms. The first-order valence-electron chi connectivity index (χ1n) is 4.34. The number of aliphatic hydroxyl groups is 1. The standard InChI is InChI=1S/C8H17NO4/c1-2-7(10)8(11)13-6-5-12-4-3-9/h7,10H,2-6,9H2,1H3. The molecule has 78 valence electrons. The van der Waals surface area contributed by atoms with E-state index in [1.165, 1.54) is 0 Å². The average Bonchev–Trinajstić information content (AvgIpc) is 2.16. The van der Waals surface area contributed by atoms with Gasteiger partial charge in [-0.2, -0.15) is 0 Å². The molecule has 0 aromatic heterocycles. The van der Waals surface area contributed by atoms with Crippen LogP contribution in [-0.4, -0.2) is 43.5 Å². The maximum Gasteiger partial charge on any atom is 0.335 e. The van der Waals surface area contributed by atoms with Crippen molar-refractivity contribution in [1.29, 1.82) is 0 Å². The Morgan fingerprint density at radius 2 is 2.15 bits per heavy atom. The lowest BCUT2D eigenvalue weighted by molar-refractivity contribution is -0.155. The molecule has 1 unspecified atom stereocenters. The highest BCUT2D eigenvalue weighted by Gasteiger charge is 2.12. The van der Waals surface area contributed by atoms with Gasteiger partial charge < -0.3 is 20.3 Å². The maximum absolute atomic E-state index is 10.9. The molecule has 0 saturated heterocycles. The van der Waals surface area contributed by atoms with Gasteiger partial charge in [-0.1, -0.05) is 6.92 Å². The molecule has 0 aromatic rings. The van der Waals surface area contributed by atoms with E-state index in [1.807, 2.05) is 0 Å². The Balaban J connectivity index is 3.27. The molecule has 5 heteroatoms.